The SMILES string of the molecule is CSCCn1c(=NC(=O)/C=C/c2cccs2)sc2cc(F)ccc21. The molecule has 0 aliphatic rings. The van der Waals surface area contributed by atoms with Crippen molar-refractivity contribution < 1.29 is 9.18 Å². The van der Waals surface area contributed by atoms with Crippen LogP contribution in [0.3, 0.4) is 0 Å². The summed E-state index contributed by atoms with van der Waals surface area (Å²) >= 11 is 4.62. The van der Waals surface area contributed by atoms with Crippen LogP contribution in [0.5, 0.6) is 0 Å². The maximum Gasteiger partial charge on any atom is 0.272 e. The molecule has 1 aromatic carbocycles. The Morgan fingerprint density at radius 2 is 2.29 bits per heavy atom. The van der Waals surface area contributed by atoms with Gasteiger partial charge in [0.15, 0.2) is 4.80 Å². The van der Waals surface area contributed by atoms with Crippen molar-refractivity contribution in [2.45, 2.75) is 6.54 Å². The Morgan fingerprint density at radius 3 is 3.04 bits per heavy atom. The van der Waals surface area contributed by atoms with Gasteiger partial charge in [-0.3, -0.25) is 4.79 Å². The summed E-state index contributed by atoms with van der Waals surface area (Å²) in [5.41, 5.74) is 0.907. The fourth-order valence-electron chi connectivity index (χ4n) is 2.20. The third-order valence-electron chi connectivity index (χ3n) is 3.30. The van der Waals surface area contributed by atoms with Gasteiger partial charge in [-0.05, 0) is 42.0 Å². The molecule has 0 fully saturated rings. The van der Waals surface area contributed by atoms with Gasteiger partial charge in [0.2, 0.25) is 0 Å². The summed E-state index contributed by atoms with van der Waals surface area (Å²) < 4.78 is 16.2. The molecular weight excluding hydrogens is 363 g/mol. The Bertz CT molecular complexity index is 939. The van der Waals surface area contributed by atoms with E-state index in [1.165, 1.54) is 29.5 Å². The van der Waals surface area contributed by atoms with E-state index in [1.54, 1.807) is 35.2 Å². The van der Waals surface area contributed by atoms with E-state index in [4.69, 9.17) is 0 Å². The van der Waals surface area contributed by atoms with Crippen molar-refractivity contribution in [2.24, 2.45) is 4.99 Å². The number of hydrogen-bond acceptors (Lipinski definition) is 4. The summed E-state index contributed by atoms with van der Waals surface area (Å²) in [5.74, 6) is 0.305. The third-order valence-corrected chi connectivity index (χ3v) is 5.77. The molecule has 0 radical (unpaired) electrons. The standard InChI is InChI=1S/C17H15FN2OS3/c1-22-10-8-20-14-6-4-12(18)11-15(14)24-17(20)19-16(21)7-5-13-3-2-9-23-13/h2-7,9,11H,8,10H2,1H3/b7-5+,19-17?. The van der Waals surface area contributed by atoms with Crippen LogP contribution in [0.1, 0.15) is 4.88 Å². The number of thiazole rings is 1. The molecule has 124 valence electrons. The van der Waals surface area contributed by atoms with Gasteiger partial charge in [0.1, 0.15) is 5.82 Å². The molecule has 7 heteroatoms. The topological polar surface area (TPSA) is 34.4 Å². The summed E-state index contributed by atoms with van der Waals surface area (Å²) in [6, 6.07) is 8.54. The van der Waals surface area contributed by atoms with E-state index in [0.29, 0.717) is 4.80 Å². The van der Waals surface area contributed by atoms with Crippen molar-refractivity contribution in [3.05, 3.63) is 57.3 Å². The van der Waals surface area contributed by atoms with Gasteiger partial charge in [0.25, 0.3) is 5.91 Å². The molecule has 0 atom stereocenters. The number of amides is 1. The van der Waals surface area contributed by atoms with Crippen molar-refractivity contribution in [3.8, 4) is 0 Å². The van der Waals surface area contributed by atoms with Crippen LogP contribution in [-0.4, -0.2) is 22.5 Å². The number of benzene rings is 1. The maximum absolute atomic E-state index is 13.5. The highest BCUT2D eigenvalue weighted by molar-refractivity contribution is 7.98. The van der Waals surface area contributed by atoms with E-state index in [1.807, 2.05) is 28.3 Å². The highest BCUT2D eigenvalue weighted by Crippen LogP contribution is 2.19. The van der Waals surface area contributed by atoms with Gasteiger partial charge < -0.3 is 4.57 Å². The van der Waals surface area contributed by atoms with Crippen LogP contribution in [0.15, 0.2) is 46.8 Å². The summed E-state index contributed by atoms with van der Waals surface area (Å²) in [6.07, 6.45) is 5.26. The van der Waals surface area contributed by atoms with Crippen LogP contribution in [0.25, 0.3) is 16.3 Å². The zero-order valence-corrected chi connectivity index (χ0v) is 15.4. The second kappa shape index (κ2) is 7.92. The first-order valence-electron chi connectivity index (χ1n) is 7.25. The molecule has 0 saturated carbocycles. The van der Waals surface area contributed by atoms with E-state index in [-0.39, 0.29) is 11.7 Å². The highest BCUT2D eigenvalue weighted by atomic mass is 32.2. The second-order valence-electron chi connectivity index (χ2n) is 4.94. The van der Waals surface area contributed by atoms with Crippen molar-refractivity contribution in [2.75, 3.05) is 12.0 Å². The number of aromatic nitrogens is 1. The molecule has 3 rings (SSSR count). The summed E-state index contributed by atoms with van der Waals surface area (Å²) in [7, 11) is 0. The number of hydrogen-bond donors (Lipinski definition) is 0. The van der Waals surface area contributed by atoms with Crippen LogP contribution < -0.4 is 4.80 Å². The zero-order valence-electron chi connectivity index (χ0n) is 12.9. The number of rotatable bonds is 5. The van der Waals surface area contributed by atoms with Gasteiger partial charge in [-0.25, -0.2) is 4.39 Å². The van der Waals surface area contributed by atoms with Crippen molar-refractivity contribution in [1.29, 1.82) is 0 Å². The Labute approximate surface area is 151 Å². The lowest BCUT2D eigenvalue weighted by atomic mass is 10.3. The molecule has 0 aliphatic heterocycles. The van der Waals surface area contributed by atoms with E-state index in [9.17, 15) is 9.18 Å². The van der Waals surface area contributed by atoms with Crippen molar-refractivity contribution in [3.63, 3.8) is 0 Å². The number of aryl methyl sites for hydroxylation is 1. The molecule has 3 nitrogen and oxygen atoms in total. The lowest BCUT2D eigenvalue weighted by Crippen LogP contribution is -2.17. The fraction of sp³-hybridized carbons (Fsp3) is 0.176. The first-order valence-corrected chi connectivity index (χ1v) is 10.3. The highest BCUT2D eigenvalue weighted by Gasteiger charge is 2.08. The number of halogens is 1. The number of thiophene rings is 1. The maximum atomic E-state index is 13.5. The van der Waals surface area contributed by atoms with Crippen LogP contribution >= 0.6 is 34.4 Å². The molecule has 0 unspecified atom stereocenters. The first-order chi connectivity index (χ1) is 11.7. The second-order valence-corrected chi connectivity index (χ2v) is 7.91. The largest absolute Gasteiger partial charge is 0.316 e. The molecule has 0 aliphatic carbocycles. The van der Waals surface area contributed by atoms with Gasteiger partial charge in [-0.2, -0.15) is 16.8 Å². The number of carbonyl (C=O) groups is 1. The van der Waals surface area contributed by atoms with Crippen LogP contribution in [0, 0.1) is 5.82 Å². The third kappa shape index (κ3) is 4.03. The van der Waals surface area contributed by atoms with E-state index >= 15 is 0 Å². The van der Waals surface area contributed by atoms with E-state index < -0.39 is 0 Å². The zero-order chi connectivity index (χ0) is 16.9. The van der Waals surface area contributed by atoms with Gasteiger partial charge in [0, 0.05) is 23.3 Å². The fourth-order valence-corrected chi connectivity index (χ4v) is 4.27. The minimum Gasteiger partial charge on any atom is -0.316 e. The van der Waals surface area contributed by atoms with Crippen molar-refractivity contribution in [1.82, 2.24) is 4.57 Å². The van der Waals surface area contributed by atoms with Crippen LogP contribution in [0.2, 0.25) is 0 Å². The number of thioether (sulfide) groups is 1. The molecule has 0 saturated heterocycles. The normalized spacial score (nSPS) is 12.5. The molecule has 0 spiro atoms. The molecule has 3 aromatic rings. The lowest BCUT2D eigenvalue weighted by Gasteiger charge is -2.03. The van der Waals surface area contributed by atoms with E-state index in [2.05, 4.69) is 4.99 Å². The Kier molecular flexibility index (Phi) is 5.65. The van der Waals surface area contributed by atoms with E-state index in [0.717, 1.165) is 27.4 Å². The van der Waals surface area contributed by atoms with Gasteiger partial charge in [0.05, 0.1) is 10.2 Å². The van der Waals surface area contributed by atoms with Gasteiger partial charge >= 0.3 is 0 Å². The smallest absolute Gasteiger partial charge is 0.272 e. The molecule has 0 bridgehead atoms. The van der Waals surface area contributed by atoms with Crippen LogP contribution in [-0.2, 0) is 11.3 Å². The quantitative estimate of drug-likeness (QED) is 0.617. The van der Waals surface area contributed by atoms with Gasteiger partial charge in [-0.1, -0.05) is 17.4 Å². The predicted octanol–water partition coefficient (Wildman–Crippen LogP) is 4.41. The molecular formula is C17H15FN2OS3. The molecule has 0 N–H and O–H groups in total. The Balaban J connectivity index is 1.98. The first kappa shape index (κ1) is 17.1. The molecule has 2 heterocycles. The lowest BCUT2D eigenvalue weighted by molar-refractivity contribution is -0.113. The minimum atomic E-state index is -0.312. The molecule has 2 aromatic heterocycles. The number of nitrogens with zero attached hydrogens (tertiary/aromatic N) is 2. The average molecular weight is 379 g/mol. The monoisotopic (exact) mass is 378 g/mol. The average Bonchev–Trinajstić information content (AvgIpc) is 3.18. The Hall–Kier alpha value is -1.70. The summed E-state index contributed by atoms with van der Waals surface area (Å²) in [6.45, 7) is 0.730. The molecule has 24 heavy (non-hydrogen) atoms. The van der Waals surface area contributed by atoms with Crippen molar-refractivity contribution >= 4 is 56.6 Å². The summed E-state index contributed by atoms with van der Waals surface area (Å²) in [4.78, 5) is 18.0. The summed E-state index contributed by atoms with van der Waals surface area (Å²) in [5, 5.41) is 1.96. The minimum absolute atomic E-state index is 0.281. The number of carbonyl (C=O) groups excluding carboxylic acids is 1. The Morgan fingerprint density at radius 1 is 1.42 bits per heavy atom. The molecule has 1 amide bonds. The van der Waals surface area contributed by atoms with Gasteiger partial charge in [-0.15, -0.1) is 11.3 Å². The van der Waals surface area contributed by atoms with Crippen LogP contribution in [0.4, 0.5) is 4.39 Å². The number of fused-ring (bicyclic) bond motifs is 1. The predicted molar refractivity (Wildman–Crippen MR) is 102 cm³/mol.